The minimum Gasteiger partial charge on any atom is -0.350 e. The number of aryl methyl sites for hydroxylation is 1. The standard InChI is InChI=1S/C18H21N7O/c1-13-10-20-4-3-15(13)11-23-18(26)25-8-7-24(12-14(25)2)17-16(9-19)21-5-6-22-17/h3-6,10,14H,7-8,11-12H2,1-2H3,(H,23,26). The monoisotopic (exact) mass is 351 g/mol. The number of piperazine rings is 1. The Morgan fingerprint density at radius 1 is 1.35 bits per heavy atom. The van der Waals surface area contributed by atoms with Crippen LogP contribution in [0.15, 0.2) is 30.9 Å². The molecule has 1 saturated heterocycles. The van der Waals surface area contributed by atoms with E-state index < -0.39 is 0 Å². The van der Waals surface area contributed by atoms with Crippen LogP contribution >= 0.6 is 0 Å². The third-order valence-corrected chi connectivity index (χ3v) is 4.54. The summed E-state index contributed by atoms with van der Waals surface area (Å²) >= 11 is 0. The topological polar surface area (TPSA) is 98.0 Å². The number of anilines is 1. The molecule has 3 rings (SSSR count). The highest BCUT2D eigenvalue weighted by Crippen LogP contribution is 2.19. The van der Waals surface area contributed by atoms with Gasteiger partial charge in [0.1, 0.15) is 6.07 Å². The van der Waals surface area contributed by atoms with Crippen molar-refractivity contribution >= 4 is 11.8 Å². The minimum absolute atomic E-state index is 0.00386. The van der Waals surface area contributed by atoms with Gasteiger partial charge >= 0.3 is 6.03 Å². The molecule has 0 spiro atoms. The van der Waals surface area contributed by atoms with Gasteiger partial charge in [-0.2, -0.15) is 5.26 Å². The molecule has 1 atom stereocenters. The molecule has 1 aliphatic heterocycles. The average Bonchev–Trinajstić information content (AvgIpc) is 2.67. The van der Waals surface area contributed by atoms with Crippen LogP contribution in [0, 0.1) is 18.3 Å². The first-order chi connectivity index (χ1) is 12.6. The van der Waals surface area contributed by atoms with Crippen molar-refractivity contribution < 1.29 is 4.79 Å². The van der Waals surface area contributed by atoms with E-state index in [2.05, 4.69) is 26.3 Å². The van der Waals surface area contributed by atoms with Crippen molar-refractivity contribution in [1.82, 2.24) is 25.2 Å². The maximum absolute atomic E-state index is 12.6. The van der Waals surface area contributed by atoms with Gasteiger partial charge in [-0.05, 0) is 31.0 Å². The van der Waals surface area contributed by atoms with Crippen LogP contribution in [0.2, 0.25) is 0 Å². The Balaban J connectivity index is 1.61. The van der Waals surface area contributed by atoms with Gasteiger partial charge in [-0.3, -0.25) is 4.98 Å². The van der Waals surface area contributed by atoms with Crippen LogP contribution in [0.3, 0.4) is 0 Å². The van der Waals surface area contributed by atoms with Crippen LogP contribution in [-0.4, -0.2) is 51.6 Å². The third-order valence-electron chi connectivity index (χ3n) is 4.54. The van der Waals surface area contributed by atoms with E-state index in [9.17, 15) is 10.1 Å². The molecule has 1 unspecified atom stereocenters. The summed E-state index contributed by atoms with van der Waals surface area (Å²) in [5.74, 6) is 0.578. The number of rotatable bonds is 3. The molecule has 3 heterocycles. The Labute approximate surface area is 152 Å². The van der Waals surface area contributed by atoms with E-state index in [1.54, 1.807) is 18.6 Å². The number of pyridine rings is 1. The maximum atomic E-state index is 12.6. The second-order valence-electron chi connectivity index (χ2n) is 6.29. The summed E-state index contributed by atoms with van der Waals surface area (Å²) in [7, 11) is 0. The Morgan fingerprint density at radius 3 is 2.88 bits per heavy atom. The van der Waals surface area contributed by atoms with Crippen molar-refractivity contribution in [2.45, 2.75) is 26.4 Å². The van der Waals surface area contributed by atoms with E-state index in [0.717, 1.165) is 11.1 Å². The highest BCUT2D eigenvalue weighted by molar-refractivity contribution is 5.75. The first-order valence-electron chi connectivity index (χ1n) is 8.50. The lowest BCUT2D eigenvalue weighted by molar-refractivity contribution is 0.171. The minimum atomic E-state index is -0.0898. The summed E-state index contributed by atoms with van der Waals surface area (Å²) in [6, 6.07) is 3.89. The van der Waals surface area contributed by atoms with Crippen molar-refractivity contribution in [3.8, 4) is 6.07 Å². The highest BCUT2D eigenvalue weighted by Gasteiger charge is 2.29. The van der Waals surface area contributed by atoms with Gasteiger partial charge in [-0.15, -0.1) is 0 Å². The molecule has 0 radical (unpaired) electrons. The summed E-state index contributed by atoms with van der Waals surface area (Å²) in [6.45, 7) is 6.22. The second kappa shape index (κ2) is 7.78. The number of carbonyl (C=O) groups is 1. The molecule has 8 nitrogen and oxygen atoms in total. The number of hydrogen-bond acceptors (Lipinski definition) is 6. The SMILES string of the molecule is Cc1cnccc1CNC(=O)N1CCN(c2nccnc2C#N)CC1C. The van der Waals surface area contributed by atoms with Crippen LogP contribution < -0.4 is 10.2 Å². The first-order valence-corrected chi connectivity index (χ1v) is 8.50. The maximum Gasteiger partial charge on any atom is 0.318 e. The normalized spacial score (nSPS) is 16.9. The molecule has 26 heavy (non-hydrogen) atoms. The van der Waals surface area contributed by atoms with Crippen molar-refractivity contribution in [3.05, 3.63) is 47.7 Å². The van der Waals surface area contributed by atoms with E-state index in [-0.39, 0.29) is 12.1 Å². The van der Waals surface area contributed by atoms with Gasteiger partial charge < -0.3 is 15.1 Å². The Bertz CT molecular complexity index is 832. The van der Waals surface area contributed by atoms with Gasteiger partial charge in [-0.1, -0.05) is 0 Å². The fourth-order valence-electron chi connectivity index (χ4n) is 3.07. The summed E-state index contributed by atoms with van der Waals surface area (Å²) in [5.41, 5.74) is 2.42. The molecule has 0 bridgehead atoms. The van der Waals surface area contributed by atoms with Gasteiger partial charge in [0, 0.05) is 57.0 Å². The summed E-state index contributed by atoms with van der Waals surface area (Å²) in [4.78, 5) is 28.8. The zero-order valence-electron chi connectivity index (χ0n) is 14.9. The van der Waals surface area contributed by atoms with E-state index in [1.165, 1.54) is 6.20 Å². The molecule has 0 saturated carbocycles. The Hall–Kier alpha value is -3.21. The smallest absolute Gasteiger partial charge is 0.318 e. The number of aromatic nitrogens is 3. The van der Waals surface area contributed by atoms with Crippen molar-refractivity contribution in [1.29, 1.82) is 5.26 Å². The lowest BCUT2D eigenvalue weighted by Gasteiger charge is -2.40. The zero-order valence-corrected chi connectivity index (χ0v) is 14.9. The molecule has 2 aromatic heterocycles. The first kappa shape index (κ1) is 17.6. The molecule has 0 aromatic carbocycles. The molecule has 1 aliphatic rings. The summed E-state index contributed by atoms with van der Waals surface area (Å²) in [6.07, 6.45) is 6.60. The average molecular weight is 351 g/mol. The lowest BCUT2D eigenvalue weighted by Crippen LogP contribution is -2.56. The molecule has 1 fully saturated rings. The predicted octanol–water partition coefficient (Wildman–Crippen LogP) is 1.47. The summed E-state index contributed by atoms with van der Waals surface area (Å²) in [5, 5.41) is 12.2. The number of hydrogen-bond donors (Lipinski definition) is 1. The zero-order chi connectivity index (χ0) is 18.5. The van der Waals surface area contributed by atoms with Crippen molar-refractivity contribution in [2.24, 2.45) is 0 Å². The van der Waals surface area contributed by atoms with Gasteiger partial charge in [0.05, 0.1) is 0 Å². The lowest BCUT2D eigenvalue weighted by atomic mass is 10.1. The summed E-state index contributed by atoms with van der Waals surface area (Å²) < 4.78 is 0. The van der Waals surface area contributed by atoms with E-state index >= 15 is 0 Å². The van der Waals surface area contributed by atoms with Gasteiger partial charge in [0.25, 0.3) is 0 Å². The number of carbonyl (C=O) groups excluding carboxylic acids is 1. The van der Waals surface area contributed by atoms with Crippen LogP contribution in [0.5, 0.6) is 0 Å². The number of nitrogens with one attached hydrogen (secondary N) is 1. The molecule has 134 valence electrons. The Morgan fingerprint density at radius 2 is 2.15 bits per heavy atom. The third kappa shape index (κ3) is 3.72. The van der Waals surface area contributed by atoms with E-state index in [0.29, 0.717) is 37.7 Å². The predicted molar refractivity (Wildman–Crippen MR) is 96.3 cm³/mol. The molecular weight excluding hydrogens is 330 g/mol. The fraction of sp³-hybridized carbons (Fsp3) is 0.389. The molecule has 1 N–H and O–H groups in total. The van der Waals surface area contributed by atoms with Gasteiger partial charge in [0.2, 0.25) is 0 Å². The largest absolute Gasteiger partial charge is 0.350 e. The highest BCUT2D eigenvalue weighted by atomic mass is 16.2. The number of urea groups is 1. The number of nitriles is 1. The van der Waals surface area contributed by atoms with E-state index in [4.69, 9.17) is 0 Å². The van der Waals surface area contributed by atoms with Crippen LogP contribution in [-0.2, 0) is 6.54 Å². The quantitative estimate of drug-likeness (QED) is 0.899. The number of amides is 2. The molecule has 8 heteroatoms. The van der Waals surface area contributed by atoms with Crippen LogP contribution in [0.4, 0.5) is 10.6 Å². The van der Waals surface area contributed by atoms with Gasteiger partial charge in [-0.25, -0.2) is 14.8 Å². The molecule has 2 amide bonds. The van der Waals surface area contributed by atoms with Crippen molar-refractivity contribution in [3.63, 3.8) is 0 Å². The van der Waals surface area contributed by atoms with Crippen molar-refractivity contribution in [2.75, 3.05) is 24.5 Å². The number of nitrogens with zero attached hydrogens (tertiary/aromatic N) is 6. The fourth-order valence-corrected chi connectivity index (χ4v) is 3.07. The molecule has 0 aliphatic carbocycles. The van der Waals surface area contributed by atoms with Gasteiger partial charge in [0.15, 0.2) is 11.5 Å². The van der Waals surface area contributed by atoms with Crippen LogP contribution in [0.25, 0.3) is 0 Å². The molecular formula is C18H21N7O. The molecule has 2 aromatic rings. The van der Waals surface area contributed by atoms with E-state index in [1.807, 2.05) is 29.7 Å². The van der Waals surface area contributed by atoms with Crippen LogP contribution in [0.1, 0.15) is 23.7 Å². The second-order valence-corrected chi connectivity index (χ2v) is 6.29. The Kier molecular flexibility index (Phi) is 5.27.